The Labute approximate surface area is 184 Å². The lowest BCUT2D eigenvalue weighted by molar-refractivity contribution is -0.118. The fraction of sp³-hybridized carbons (Fsp3) is 0.120. The Hall–Kier alpha value is -4.26. The van der Waals surface area contributed by atoms with Crippen molar-refractivity contribution < 1.29 is 9.59 Å². The number of nitrogens with one attached hydrogen (secondary N) is 2. The summed E-state index contributed by atoms with van der Waals surface area (Å²) >= 11 is 0. The predicted octanol–water partition coefficient (Wildman–Crippen LogP) is 4.22. The predicted molar refractivity (Wildman–Crippen MR) is 126 cm³/mol. The molecule has 160 valence electrons. The van der Waals surface area contributed by atoms with Crippen LogP contribution in [0.4, 0.5) is 11.4 Å². The lowest BCUT2D eigenvalue weighted by atomic mass is 10.1. The molecular formula is C25H22N4O3. The van der Waals surface area contributed by atoms with E-state index in [2.05, 4.69) is 15.6 Å². The summed E-state index contributed by atoms with van der Waals surface area (Å²) < 4.78 is 1.44. The number of para-hydroxylation sites is 4. The second-order valence-electron chi connectivity index (χ2n) is 7.38. The van der Waals surface area contributed by atoms with Crippen LogP contribution in [0.3, 0.4) is 0 Å². The van der Waals surface area contributed by atoms with Crippen LogP contribution in [0.1, 0.15) is 19.9 Å². The third-order valence-electron chi connectivity index (χ3n) is 5.10. The first-order valence-corrected chi connectivity index (χ1v) is 10.2. The van der Waals surface area contributed by atoms with Gasteiger partial charge in [0, 0.05) is 18.2 Å². The van der Waals surface area contributed by atoms with E-state index < -0.39 is 11.6 Å². The van der Waals surface area contributed by atoms with Crippen molar-refractivity contribution in [2.75, 3.05) is 10.6 Å². The van der Waals surface area contributed by atoms with Crippen molar-refractivity contribution in [2.24, 2.45) is 0 Å². The molecule has 32 heavy (non-hydrogen) atoms. The second-order valence-corrected chi connectivity index (χ2v) is 7.38. The van der Waals surface area contributed by atoms with Gasteiger partial charge in [-0.1, -0.05) is 48.5 Å². The molecule has 0 aliphatic carbocycles. The fourth-order valence-corrected chi connectivity index (χ4v) is 3.59. The summed E-state index contributed by atoms with van der Waals surface area (Å²) in [4.78, 5) is 42.9. The standard InChI is InChI=1S/C25H22N4O3/c1-16(24(31)27-18-10-4-3-5-11-18)29-22-15-9-8-14-21(22)28-23(25(29)32)19-12-6-7-13-20(19)26-17(2)30/h3-16H,1-2H3,(H,26,30)(H,27,31)/t16-/m0/s1. The molecule has 7 nitrogen and oxygen atoms in total. The third-order valence-corrected chi connectivity index (χ3v) is 5.10. The van der Waals surface area contributed by atoms with Gasteiger partial charge in [0.15, 0.2) is 0 Å². The summed E-state index contributed by atoms with van der Waals surface area (Å²) in [7, 11) is 0. The Morgan fingerprint density at radius 1 is 0.875 bits per heavy atom. The Bertz CT molecular complexity index is 1360. The van der Waals surface area contributed by atoms with Crippen molar-refractivity contribution in [2.45, 2.75) is 19.9 Å². The van der Waals surface area contributed by atoms with Gasteiger partial charge in [-0.3, -0.25) is 19.0 Å². The van der Waals surface area contributed by atoms with Crippen LogP contribution in [0.25, 0.3) is 22.3 Å². The molecule has 3 aromatic carbocycles. The van der Waals surface area contributed by atoms with Crippen LogP contribution in [0, 0.1) is 0 Å². The molecule has 2 amide bonds. The van der Waals surface area contributed by atoms with Crippen LogP contribution < -0.4 is 16.2 Å². The van der Waals surface area contributed by atoms with Gasteiger partial charge in [-0.2, -0.15) is 0 Å². The van der Waals surface area contributed by atoms with Gasteiger partial charge in [0.05, 0.1) is 16.7 Å². The van der Waals surface area contributed by atoms with Crippen LogP contribution in [0.5, 0.6) is 0 Å². The zero-order valence-electron chi connectivity index (χ0n) is 17.7. The highest BCUT2D eigenvalue weighted by Crippen LogP contribution is 2.27. The number of nitrogens with zero attached hydrogens (tertiary/aromatic N) is 2. The van der Waals surface area contributed by atoms with Gasteiger partial charge >= 0.3 is 0 Å². The molecule has 0 unspecified atom stereocenters. The second kappa shape index (κ2) is 8.85. The Morgan fingerprint density at radius 3 is 2.28 bits per heavy atom. The number of fused-ring (bicyclic) bond motifs is 1. The molecule has 4 rings (SSSR count). The zero-order valence-corrected chi connectivity index (χ0v) is 17.7. The highest BCUT2D eigenvalue weighted by molar-refractivity contribution is 5.96. The Balaban J connectivity index is 1.87. The quantitative estimate of drug-likeness (QED) is 0.500. The van der Waals surface area contributed by atoms with Crippen LogP contribution in [0.15, 0.2) is 83.7 Å². The highest BCUT2D eigenvalue weighted by atomic mass is 16.2. The molecular weight excluding hydrogens is 404 g/mol. The number of carbonyl (C=O) groups excluding carboxylic acids is 2. The van der Waals surface area contributed by atoms with Gasteiger partial charge in [-0.05, 0) is 37.3 Å². The Kier molecular flexibility index (Phi) is 5.81. The molecule has 0 saturated carbocycles. The molecule has 1 atom stereocenters. The zero-order chi connectivity index (χ0) is 22.7. The number of hydrogen-bond acceptors (Lipinski definition) is 4. The van der Waals surface area contributed by atoms with E-state index in [1.807, 2.05) is 24.3 Å². The minimum Gasteiger partial charge on any atom is -0.326 e. The number of carbonyl (C=O) groups is 2. The van der Waals surface area contributed by atoms with E-state index in [1.165, 1.54) is 11.5 Å². The molecule has 2 N–H and O–H groups in total. The van der Waals surface area contributed by atoms with Crippen molar-refractivity contribution in [1.82, 2.24) is 9.55 Å². The molecule has 0 bridgehead atoms. The SMILES string of the molecule is CC(=O)Nc1ccccc1-c1nc2ccccc2n([C@@H](C)C(=O)Nc2ccccc2)c1=O. The lowest BCUT2D eigenvalue weighted by Crippen LogP contribution is -2.33. The normalized spacial score (nSPS) is 11.7. The van der Waals surface area contributed by atoms with E-state index in [4.69, 9.17) is 0 Å². The average molecular weight is 426 g/mol. The summed E-state index contributed by atoms with van der Waals surface area (Å²) in [5, 5.41) is 5.60. The maximum atomic E-state index is 13.6. The van der Waals surface area contributed by atoms with Crippen LogP contribution in [-0.2, 0) is 9.59 Å². The van der Waals surface area contributed by atoms with E-state index in [9.17, 15) is 14.4 Å². The van der Waals surface area contributed by atoms with E-state index in [0.717, 1.165) is 0 Å². The van der Waals surface area contributed by atoms with Crippen molar-refractivity contribution >= 4 is 34.2 Å². The molecule has 0 spiro atoms. The van der Waals surface area contributed by atoms with E-state index >= 15 is 0 Å². The van der Waals surface area contributed by atoms with Gasteiger partial charge in [0.2, 0.25) is 11.8 Å². The lowest BCUT2D eigenvalue weighted by Gasteiger charge is -2.19. The molecule has 0 aliphatic heterocycles. The topological polar surface area (TPSA) is 93.1 Å². The minimum atomic E-state index is -0.803. The van der Waals surface area contributed by atoms with E-state index in [0.29, 0.717) is 28.0 Å². The number of aromatic nitrogens is 2. The highest BCUT2D eigenvalue weighted by Gasteiger charge is 2.23. The van der Waals surface area contributed by atoms with Crippen LogP contribution >= 0.6 is 0 Å². The largest absolute Gasteiger partial charge is 0.326 e. The number of anilines is 2. The fourth-order valence-electron chi connectivity index (χ4n) is 3.59. The Morgan fingerprint density at radius 2 is 1.53 bits per heavy atom. The maximum absolute atomic E-state index is 13.6. The molecule has 1 aromatic heterocycles. The molecule has 0 fully saturated rings. The third kappa shape index (κ3) is 4.13. The summed E-state index contributed by atoms with van der Waals surface area (Å²) in [6, 6.07) is 22.4. The van der Waals surface area contributed by atoms with Crippen LogP contribution in [-0.4, -0.2) is 21.4 Å². The van der Waals surface area contributed by atoms with Gasteiger partial charge in [-0.15, -0.1) is 0 Å². The smallest absolute Gasteiger partial charge is 0.278 e. The number of hydrogen-bond donors (Lipinski definition) is 2. The molecule has 4 aromatic rings. The van der Waals surface area contributed by atoms with Gasteiger partial charge in [0.1, 0.15) is 11.7 Å². The van der Waals surface area contributed by atoms with Crippen molar-refractivity contribution in [3.8, 4) is 11.3 Å². The molecule has 0 aliphatic rings. The van der Waals surface area contributed by atoms with Crippen molar-refractivity contribution in [1.29, 1.82) is 0 Å². The monoisotopic (exact) mass is 426 g/mol. The number of amides is 2. The maximum Gasteiger partial charge on any atom is 0.278 e. The van der Waals surface area contributed by atoms with E-state index in [-0.39, 0.29) is 17.5 Å². The summed E-state index contributed by atoms with van der Waals surface area (Å²) in [5.74, 6) is -0.579. The van der Waals surface area contributed by atoms with Crippen molar-refractivity contribution in [3.63, 3.8) is 0 Å². The minimum absolute atomic E-state index is 0.160. The summed E-state index contributed by atoms with van der Waals surface area (Å²) in [6.45, 7) is 3.08. The van der Waals surface area contributed by atoms with Gasteiger partial charge < -0.3 is 10.6 Å². The first kappa shape index (κ1) is 21.0. The van der Waals surface area contributed by atoms with E-state index in [1.54, 1.807) is 61.5 Å². The number of benzene rings is 3. The summed E-state index contributed by atoms with van der Waals surface area (Å²) in [5.41, 5.74) is 2.47. The number of rotatable bonds is 5. The van der Waals surface area contributed by atoms with Crippen LogP contribution in [0.2, 0.25) is 0 Å². The molecule has 0 saturated heterocycles. The van der Waals surface area contributed by atoms with Gasteiger partial charge in [0.25, 0.3) is 5.56 Å². The molecule has 1 heterocycles. The summed E-state index contributed by atoms with van der Waals surface area (Å²) in [6.07, 6.45) is 0. The average Bonchev–Trinajstić information content (AvgIpc) is 2.79. The van der Waals surface area contributed by atoms with Gasteiger partial charge in [-0.25, -0.2) is 4.98 Å². The first-order chi connectivity index (χ1) is 15.5. The first-order valence-electron chi connectivity index (χ1n) is 10.2. The van der Waals surface area contributed by atoms with Crippen molar-refractivity contribution in [3.05, 3.63) is 89.2 Å². The molecule has 0 radical (unpaired) electrons. The molecule has 7 heteroatoms.